The number of aliphatic hydroxyl groups is 1. The maximum Gasteiger partial charge on any atom is 0.238 e. The first-order valence-electron chi connectivity index (χ1n) is 11.9. The van der Waals surface area contributed by atoms with Crippen LogP contribution in [0.5, 0.6) is 0 Å². The van der Waals surface area contributed by atoms with Gasteiger partial charge in [0.2, 0.25) is 5.95 Å². The first kappa shape index (κ1) is 22.0. The number of aliphatic hydroxyl groups excluding tert-OH is 1. The number of nitrogens with zero attached hydrogens (tertiary/aromatic N) is 7. The van der Waals surface area contributed by atoms with Crippen molar-refractivity contribution in [2.45, 2.75) is 53.2 Å². The van der Waals surface area contributed by atoms with E-state index in [9.17, 15) is 5.11 Å². The van der Waals surface area contributed by atoms with Crippen molar-refractivity contribution in [3.8, 4) is 5.95 Å². The number of benzene rings is 1. The van der Waals surface area contributed by atoms with Gasteiger partial charge in [-0.1, -0.05) is 26.0 Å². The van der Waals surface area contributed by atoms with Crippen LogP contribution in [0.4, 0.5) is 0 Å². The summed E-state index contributed by atoms with van der Waals surface area (Å²) in [6.45, 7) is 11.4. The highest BCUT2D eigenvalue weighted by atomic mass is 16.3. The van der Waals surface area contributed by atoms with Crippen molar-refractivity contribution >= 4 is 22.2 Å². The molecular weight excluding hydrogens is 414 g/mol. The Kier molecular flexibility index (Phi) is 5.66. The summed E-state index contributed by atoms with van der Waals surface area (Å²) in [5.41, 5.74) is 4.15. The molecule has 174 valence electrons. The smallest absolute Gasteiger partial charge is 0.238 e. The number of rotatable bonds is 5. The van der Waals surface area contributed by atoms with E-state index in [1.165, 1.54) is 12.8 Å². The van der Waals surface area contributed by atoms with Crippen molar-refractivity contribution in [1.29, 1.82) is 0 Å². The van der Waals surface area contributed by atoms with Gasteiger partial charge in [0.15, 0.2) is 5.65 Å². The molecule has 0 unspecified atom stereocenters. The number of fused-ring (bicyclic) bond motifs is 2. The second-order valence-corrected chi connectivity index (χ2v) is 9.70. The SMILES string of the molecule is Cc1nc(-n2c([C@H](C)O)nc3ccccc32)nc2c1nc(CN1CCC(C(C)C)CC1)n2C. The molecule has 3 aromatic heterocycles. The second kappa shape index (κ2) is 8.50. The molecule has 1 aliphatic heterocycles. The lowest BCUT2D eigenvalue weighted by Crippen LogP contribution is -2.35. The zero-order valence-electron chi connectivity index (χ0n) is 20.2. The minimum Gasteiger partial charge on any atom is -0.385 e. The van der Waals surface area contributed by atoms with Crippen LogP contribution in [0.15, 0.2) is 24.3 Å². The predicted octanol–water partition coefficient (Wildman–Crippen LogP) is 3.93. The normalized spacial score (nSPS) is 16.9. The third-order valence-corrected chi connectivity index (χ3v) is 7.07. The number of piperidine rings is 1. The number of aromatic nitrogens is 6. The highest BCUT2D eigenvalue weighted by molar-refractivity contribution is 5.79. The number of hydrogen-bond donors (Lipinski definition) is 1. The molecule has 1 saturated heterocycles. The highest BCUT2D eigenvalue weighted by Crippen LogP contribution is 2.27. The summed E-state index contributed by atoms with van der Waals surface area (Å²) >= 11 is 0. The van der Waals surface area contributed by atoms with Crippen LogP contribution in [0.2, 0.25) is 0 Å². The maximum atomic E-state index is 10.4. The van der Waals surface area contributed by atoms with Gasteiger partial charge in [-0.05, 0) is 63.7 Å². The van der Waals surface area contributed by atoms with Crippen LogP contribution < -0.4 is 0 Å². The molecule has 0 bridgehead atoms. The number of para-hydroxylation sites is 2. The van der Waals surface area contributed by atoms with Gasteiger partial charge in [0.25, 0.3) is 0 Å². The van der Waals surface area contributed by atoms with E-state index >= 15 is 0 Å². The van der Waals surface area contributed by atoms with Crippen LogP contribution in [0.25, 0.3) is 28.1 Å². The molecule has 8 heteroatoms. The van der Waals surface area contributed by atoms with Crippen molar-refractivity contribution in [2.75, 3.05) is 13.1 Å². The van der Waals surface area contributed by atoms with Crippen LogP contribution in [-0.2, 0) is 13.6 Å². The van der Waals surface area contributed by atoms with E-state index in [0.717, 1.165) is 65.2 Å². The molecule has 33 heavy (non-hydrogen) atoms. The van der Waals surface area contributed by atoms with E-state index in [1.54, 1.807) is 6.92 Å². The fraction of sp³-hybridized carbons (Fsp3) is 0.520. The molecule has 0 radical (unpaired) electrons. The summed E-state index contributed by atoms with van der Waals surface area (Å²) in [6.07, 6.45) is 1.76. The molecule has 1 N–H and O–H groups in total. The molecule has 8 nitrogen and oxygen atoms in total. The van der Waals surface area contributed by atoms with Crippen LogP contribution in [0.3, 0.4) is 0 Å². The quantitative estimate of drug-likeness (QED) is 0.499. The van der Waals surface area contributed by atoms with Gasteiger partial charge >= 0.3 is 0 Å². The molecule has 1 fully saturated rings. The molecule has 4 aromatic rings. The summed E-state index contributed by atoms with van der Waals surface area (Å²) in [5, 5.41) is 10.4. The molecule has 1 atom stereocenters. The number of hydrogen-bond acceptors (Lipinski definition) is 6. The fourth-order valence-corrected chi connectivity index (χ4v) is 4.98. The minimum absolute atomic E-state index is 0.511. The molecule has 4 heterocycles. The molecular formula is C25H33N7O. The lowest BCUT2D eigenvalue weighted by Gasteiger charge is -2.33. The standard InChI is InChI=1S/C25H33N7O/c1-15(2)18-10-12-31(13-11-18)14-21-28-22-16(3)26-25(29-24(22)30(21)5)32-20-9-7-6-8-19(20)27-23(32)17(4)33/h6-9,15,17-18,33H,10-14H2,1-5H3/t17-/m0/s1. The molecule has 0 saturated carbocycles. The zero-order valence-corrected chi connectivity index (χ0v) is 20.2. The topological polar surface area (TPSA) is 84.9 Å². The largest absolute Gasteiger partial charge is 0.385 e. The van der Waals surface area contributed by atoms with Gasteiger partial charge in [0, 0.05) is 7.05 Å². The van der Waals surface area contributed by atoms with Crippen molar-refractivity contribution in [1.82, 2.24) is 34.0 Å². The summed E-state index contributed by atoms with van der Waals surface area (Å²) in [4.78, 5) is 21.7. The van der Waals surface area contributed by atoms with Crippen molar-refractivity contribution < 1.29 is 5.11 Å². The fourth-order valence-electron chi connectivity index (χ4n) is 4.98. The van der Waals surface area contributed by atoms with E-state index in [0.29, 0.717) is 11.8 Å². The van der Waals surface area contributed by atoms with Gasteiger partial charge in [0.1, 0.15) is 23.3 Å². The van der Waals surface area contributed by atoms with Crippen molar-refractivity contribution in [2.24, 2.45) is 18.9 Å². The van der Waals surface area contributed by atoms with Gasteiger partial charge in [0.05, 0.1) is 23.3 Å². The Balaban J connectivity index is 1.53. The van der Waals surface area contributed by atoms with E-state index < -0.39 is 6.10 Å². The second-order valence-electron chi connectivity index (χ2n) is 9.70. The average Bonchev–Trinajstić information content (AvgIpc) is 3.33. The van der Waals surface area contributed by atoms with Gasteiger partial charge in [-0.3, -0.25) is 9.47 Å². The molecule has 0 aliphatic carbocycles. The molecule has 1 aromatic carbocycles. The minimum atomic E-state index is -0.743. The lowest BCUT2D eigenvalue weighted by molar-refractivity contribution is 0.148. The number of aryl methyl sites for hydroxylation is 2. The number of imidazole rings is 2. The highest BCUT2D eigenvalue weighted by Gasteiger charge is 2.24. The molecule has 5 rings (SSSR count). The average molecular weight is 448 g/mol. The first-order chi connectivity index (χ1) is 15.8. The van der Waals surface area contributed by atoms with Gasteiger partial charge in [-0.25, -0.2) is 15.0 Å². The summed E-state index contributed by atoms with van der Waals surface area (Å²) in [5.74, 6) is 3.63. The van der Waals surface area contributed by atoms with E-state index in [-0.39, 0.29) is 0 Å². The third kappa shape index (κ3) is 3.91. The summed E-state index contributed by atoms with van der Waals surface area (Å²) < 4.78 is 3.94. The molecule has 0 amide bonds. The van der Waals surface area contributed by atoms with Crippen LogP contribution in [0.1, 0.15) is 57.1 Å². The lowest BCUT2D eigenvalue weighted by atomic mass is 9.87. The van der Waals surface area contributed by atoms with Crippen LogP contribution in [0, 0.1) is 18.8 Å². The Bertz CT molecular complexity index is 1300. The Morgan fingerprint density at radius 3 is 2.45 bits per heavy atom. The summed E-state index contributed by atoms with van der Waals surface area (Å²) in [7, 11) is 2.03. The van der Waals surface area contributed by atoms with Crippen molar-refractivity contribution in [3.63, 3.8) is 0 Å². The van der Waals surface area contributed by atoms with Gasteiger partial charge in [-0.15, -0.1) is 0 Å². The van der Waals surface area contributed by atoms with Gasteiger partial charge < -0.3 is 9.67 Å². The zero-order chi connectivity index (χ0) is 23.3. The third-order valence-electron chi connectivity index (χ3n) is 7.07. The van der Waals surface area contributed by atoms with Gasteiger partial charge in [-0.2, -0.15) is 4.98 Å². The van der Waals surface area contributed by atoms with E-state index in [4.69, 9.17) is 15.0 Å². The monoisotopic (exact) mass is 447 g/mol. The van der Waals surface area contributed by atoms with E-state index in [2.05, 4.69) is 28.3 Å². The Hall–Kier alpha value is -2.84. The first-order valence-corrected chi connectivity index (χ1v) is 11.9. The van der Waals surface area contributed by atoms with Crippen LogP contribution >= 0.6 is 0 Å². The van der Waals surface area contributed by atoms with Crippen molar-refractivity contribution in [3.05, 3.63) is 41.6 Å². The number of likely N-dealkylation sites (tertiary alicyclic amines) is 1. The molecule has 0 spiro atoms. The Labute approximate surface area is 194 Å². The predicted molar refractivity (Wildman–Crippen MR) is 129 cm³/mol. The van der Waals surface area contributed by atoms with E-state index in [1.807, 2.05) is 42.8 Å². The Morgan fingerprint density at radius 1 is 1.03 bits per heavy atom. The molecule has 1 aliphatic rings. The summed E-state index contributed by atoms with van der Waals surface area (Å²) in [6, 6.07) is 7.82. The van der Waals surface area contributed by atoms with Crippen LogP contribution in [-0.4, -0.2) is 52.2 Å². The maximum absolute atomic E-state index is 10.4. The Morgan fingerprint density at radius 2 is 1.76 bits per heavy atom.